The molecule has 0 spiro atoms. The molecular formula is C16H30N2. The average molecular weight is 250 g/mol. The lowest BCUT2D eigenvalue weighted by Crippen LogP contribution is -2.55. The molecule has 0 aromatic carbocycles. The van der Waals surface area contributed by atoms with Crippen LogP contribution in [0.25, 0.3) is 0 Å². The second-order valence-electron chi connectivity index (χ2n) is 6.70. The molecule has 1 heterocycles. The van der Waals surface area contributed by atoms with E-state index in [9.17, 15) is 0 Å². The molecule has 2 aliphatic carbocycles. The van der Waals surface area contributed by atoms with E-state index in [0.717, 1.165) is 18.1 Å². The van der Waals surface area contributed by atoms with Gasteiger partial charge < -0.3 is 5.32 Å². The zero-order valence-electron chi connectivity index (χ0n) is 11.9. The highest BCUT2D eigenvalue weighted by atomic mass is 15.2. The second kappa shape index (κ2) is 6.38. The molecule has 3 aliphatic rings. The topological polar surface area (TPSA) is 15.3 Å². The summed E-state index contributed by atoms with van der Waals surface area (Å²) in [5.74, 6) is 0. The van der Waals surface area contributed by atoms with E-state index in [1.807, 2.05) is 0 Å². The van der Waals surface area contributed by atoms with Gasteiger partial charge in [0, 0.05) is 18.1 Å². The van der Waals surface area contributed by atoms with Crippen LogP contribution in [0.5, 0.6) is 0 Å². The van der Waals surface area contributed by atoms with Crippen molar-refractivity contribution in [3.05, 3.63) is 0 Å². The smallest absolute Gasteiger partial charge is 0.0249 e. The summed E-state index contributed by atoms with van der Waals surface area (Å²) in [4.78, 5) is 2.81. The van der Waals surface area contributed by atoms with Gasteiger partial charge in [-0.1, -0.05) is 32.1 Å². The second-order valence-corrected chi connectivity index (χ2v) is 6.70. The summed E-state index contributed by atoms with van der Waals surface area (Å²) in [6.07, 6.45) is 15.9. The van der Waals surface area contributed by atoms with Gasteiger partial charge in [-0.2, -0.15) is 0 Å². The lowest BCUT2D eigenvalue weighted by Gasteiger charge is -2.43. The quantitative estimate of drug-likeness (QED) is 0.826. The van der Waals surface area contributed by atoms with Crippen molar-refractivity contribution in [2.24, 2.45) is 0 Å². The minimum Gasteiger partial charge on any atom is -0.310 e. The Balaban J connectivity index is 1.57. The summed E-state index contributed by atoms with van der Waals surface area (Å²) >= 11 is 0. The van der Waals surface area contributed by atoms with Gasteiger partial charge in [0.25, 0.3) is 0 Å². The van der Waals surface area contributed by atoms with E-state index in [1.54, 1.807) is 0 Å². The van der Waals surface area contributed by atoms with Gasteiger partial charge >= 0.3 is 0 Å². The van der Waals surface area contributed by atoms with E-state index >= 15 is 0 Å². The molecule has 2 atom stereocenters. The average Bonchev–Trinajstić information content (AvgIpc) is 2.93. The molecule has 104 valence electrons. The maximum absolute atomic E-state index is 4.02. The molecule has 0 radical (unpaired) electrons. The number of nitrogens with zero attached hydrogens (tertiary/aromatic N) is 1. The number of nitrogens with one attached hydrogen (secondary N) is 1. The Kier molecular flexibility index (Phi) is 4.58. The Bertz CT molecular complexity index is 241. The zero-order chi connectivity index (χ0) is 12.2. The van der Waals surface area contributed by atoms with Crippen LogP contribution in [0.1, 0.15) is 70.6 Å². The van der Waals surface area contributed by atoms with Crippen LogP contribution in [-0.2, 0) is 0 Å². The SMILES string of the molecule is C1CCN([C@@H]2CCCC[C@H]2NC2CCCC2)CC1. The first kappa shape index (κ1) is 12.9. The van der Waals surface area contributed by atoms with Crippen molar-refractivity contribution in [1.82, 2.24) is 10.2 Å². The normalized spacial score (nSPS) is 36.0. The third kappa shape index (κ3) is 3.08. The third-order valence-electron chi connectivity index (χ3n) is 5.39. The standard InChI is InChI=1S/C16H30N2/c1-6-12-18(13-7-1)16-11-5-4-10-15(16)17-14-8-2-3-9-14/h14-17H,1-13H2/t15-,16-/m1/s1. The predicted molar refractivity (Wildman–Crippen MR) is 76.9 cm³/mol. The molecule has 3 rings (SSSR count). The maximum atomic E-state index is 4.02. The summed E-state index contributed by atoms with van der Waals surface area (Å²) in [6.45, 7) is 2.74. The number of rotatable bonds is 3. The number of hydrogen-bond donors (Lipinski definition) is 1. The van der Waals surface area contributed by atoms with Crippen molar-refractivity contribution in [2.75, 3.05) is 13.1 Å². The Morgan fingerprint density at radius 2 is 1.33 bits per heavy atom. The van der Waals surface area contributed by atoms with Crippen molar-refractivity contribution in [3.63, 3.8) is 0 Å². The van der Waals surface area contributed by atoms with E-state index in [-0.39, 0.29) is 0 Å². The van der Waals surface area contributed by atoms with Gasteiger partial charge in [0.1, 0.15) is 0 Å². The van der Waals surface area contributed by atoms with Crippen molar-refractivity contribution >= 4 is 0 Å². The van der Waals surface area contributed by atoms with Crippen LogP contribution in [0.2, 0.25) is 0 Å². The summed E-state index contributed by atoms with van der Waals surface area (Å²) in [7, 11) is 0. The van der Waals surface area contributed by atoms with Gasteiger partial charge in [0.15, 0.2) is 0 Å². The summed E-state index contributed by atoms with van der Waals surface area (Å²) in [5, 5.41) is 4.02. The first-order valence-corrected chi connectivity index (χ1v) is 8.43. The maximum Gasteiger partial charge on any atom is 0.0249 e. The van der Waals surface area contributed by atoms with Crippen LogP contribution < -0.4 is 5.32 Å². The largest absolute Gasteiger partial charge is 0.310 e. The highest BCUT2D eigenvalue weighted by molar-refractivity contribution is 4.91. The van der Waals surface area contributed by atoms with Crippen molar-refractivity contribution in [1.29, 1.82) is 0 Å². The molecule has 1 N–H and O–H groups in total. The Morgan fingerprint density at radius 1 is 0.667 bits per heavy atom. The molecule has 0 amide bonds. The third-order valence-corrected chi connectivity index (χ3v) is 5.39. The van der Waals surface area contributed by atoms with Crippen LogP contribution in [0.15, 0.2) is 0 Å². The molecule has 2 nitrogen and oxygen atoms in total. The van der Waals surface area contributed by atoms with Gasteiger partial charge in [-0.3, -0.25) is 4.90 Å². The number of hydrogen-bond acceptors (Lipinski definition) is 2. The van der Waals surface area contributed by atoms with E-state index in [2.05, 4.69) is 10.2 Å². The monoisotopic (exact) mass is 250 g/mol. The van der Waals surface area contributed by atoms with Gasteiger partial charge in [-0.05, 0) is 51.6 Å². The van der Waals surface area contributed by atoms with E-state index < -0.39 is 0 Å². The molecule has 2 saturated carbocycles. The summed E-state index contributed by atoms with van der Waals surface area (Å²) in [6, 6.07) is 2.51. The number of piperidine rings is 1. The van der Waals surface area contributed by atoms with E-state index in [4.69, 9.17) is 0 Å². The highest BCUT2D eigenvalue weighted by Crippen LogP contribution is 2.28. The minimum absolute atomic E-state index is 0.806. The van der Waals surface area contributed by atoms with E-state index in [1.165, 1.54) is 83.7 Å². The Morgan fingerprint density at radius 3 is 2.11 bits per heavy atom. The molecule has 18 heavy (non-hydrogen) atoms. The van der Waals surface area contributed by atoms with Crippen molar-refractivity contribution < 1.29 is 0 Å². The molecule has 3 fully saturated rings. The summed E-state index contributed by atoms with van der Waals surface area (Å²) < 4.78 is 0. The Labute approximate surface area is 113 Å². The zero-order valence-corrected chi connectivity index (χ0v) is 11.9. The van der Waals surface area contributed by atoms with E-state index in [0.29, 0.717) is 0 Å². The van der Waals surface area contributed by atoms with Gasteiger partial charge in [-0.15, -0.1) is 0 Å². The molecule has 1 aliphatic heterocycles. The predicted octanol–water partition coefficient (Wildman–Crippen LogP) is 3.32. The molecule has 1 saturated heterocycles. The molecular weight excluding hydrogens is 220 g/mol. The van der Waals surface area contributed by atoms with Crippen molar-refractivity contribution in [3.8, 4) is 0 Å². The van der Waals surface area contributed by atoms with Crippen LogP contribution in [0, 0.1) is 0 Å². The molecule has 2 heteroatoms. The fourth-order valence-corrected chi connectivity index (χ4v) is 4.39. The molecule has 0 bridgehead atoms. The van der Waals surface area contributed by atoms with Crippen LogP contribution in [-0.4, -0.2) is 36.1 Å². The molecule has 0 aromatic heterocycles. The van der Waals surface area contributed by atoms with Crippen LogP contribution in [0.3, 0.4) is 0 Å². The van der Waals surface area contributed by atoms with Crippen LogP contribution >= 0.6 is 0 Å². The van der Waals surface area contributed by atoms with Crippen LogP contribution in [0.4, 0.5) is 0 Å². The highest BCUT2D eigenvalue weighted by Gasteiger charge is 2.32. The van der Waals surface area contributed by atoms with Gasteiger partial charge in [0.2, 0.25) is 0 Å². The van der Waals surface area contributed by atoms with Gasteiger partial charge in [0.05, 0.1) is 0 Å². The first-order chi connectivity index (χ1) is 8.93. The fraction of sp³-hybridized carbons (Fsp3) is 1.00. The summed E-state index contributed by atoms with van der Waals surface area (Å²) in [5.41, 5.74) is 0. The fourth-order valence-electron chi connectivity index (χ4n) is 4.39. The lowest BCUT2D eigenvalue weighted by atomic mass is 9.87. The first-order valence-electron chi connectivity index (χ1n) is 8.43. The minimum atomic E-state index is 0.806. The Hall–Kier alpha value is -0.0800. The molecule has 0 unspecified atom stereocenters. The van der Waals surface area contributed by atoms with Gasteiger partial charge in [-0.25, -0.2) is 0 Å². The number of likely N-dealkylation sites (tertiary alicyclic amines) is 1. The van der Waals surface area contributed by atoms with Crippen molar-refractivity contribution in [2.45, 2.75) is 88.8 Å². The molecule has 0 aromatic rings. The lowest BCUT2D eigenvalue weighted by molar-refractivity contribution is 0.0964.